The normalized spacial score (nSPS) is 11.0. The van der Waals surface area contributed by atoms with E-state index >= 15 is 0 Å². The lowest BCUT2D eigenvalue weighted by molar-refractivity contribution is 0.439. The van der Waals surface area contributed by atoms with Gasteiger partial charge in [-0.15, -0.1) is 6.42 Å². The molecule has 0 bridgehead atoms. The molecule has 0 radical (unpaired) electrons. The molecule has 0 fully saturated rings. The molecule has 0 aliphatic rings. The van der Waals surface area contributed by atoms with Crippen LogP contribution in [-0.2, 0) is 17.1 Å². The van der Waals surface area contributed by atoms with Gasteiger partial charge in [0.05, 0.1) is 11.8 Å². The molecule has 3 rings (SSSR count). The summed E-state index contributed by atoms with van der Waals surface area (Å²) in [6, 6.07) is 8.59. The average molecular weight is 430 g/mol. The molecule has 1 heterocycles. The number of ether oxygens (including phenoxy) is 1. The van der Waals surface area contributed by atoms with Gasteiger partial charge in [0.15, 0.2) is 11.6 Å². The number of anilines is 1. The van der Waals surface area contributed by atoms with Gasteiger partial charge in [-0.3, -0.25) is 9.52 Å². The Morgan fingerprint density at radius 1 is 1.10 bits per heavy atom. The fourth-order valence-electron chi connectivity index (χ4n) is 2.76. The maximum Gasteiger partial charge on any atom is 0.266 e. The predicted octanol–water partition coefficient (Wildman–Crippen LogP) is 3.48. The summed E-state index contributed by atoms with van der Waals surface area (Å²) in [5.41, 5.74) is 0.670. The van der Waals surface area contributed by atoms with E-state index in [1.165, 1.54) is 42.1 Å². The summed E-state index contributed by atoms with van der Waals surface area (Å²) in [6.07, 6.45) is 7.88. The van der Waals surface area contributed by atoms with E-state index in [1.54, 1.807) is 0 Å². The standard InChI is InChI=1S/C21H16F2N2O4S/c1-4-13-9-14(12-25(2)21(13)26)17-11-16(24-30(3,27)28)6-8-19(17)29-20-7-5-15(22)10-18(20)23/h1,5-12,24H,2-3H3. The van der Waals surface area contributed by atoms with E-state index in [0.29, 0.717) is 17.2 Å². The van der Waals surface area contributed by atoms with E-state index in [2.05, 4.69) is 10.6 Å². The van der Waals surface area contributed by atoms with Crippen molar-refractivity contribution < 1.29 is 21.9 Å². The van der Waals surface area contributed by atoms with Crippen molar-refractivity contribution >= 4 is 15.7 Å². The lowest BCUT2D eigenvalue weighted by Gasteiger charge is -2.15. The quantitative estimate of drug-likeness (QED) is 0.629. The van der Waals surface area contributed by atoms with E-state index in [-0.39, 0.29) is 22.7 Å². The molecule has 9 heteroatoms. The third-order valence-electron chi connectivity index (χ3n) is 4.05. The first-order valence-electron chi connectivity index (χ1n) is 8.50. The minimum atomic E-state index is -3.57. The van der Waals surface area contributed by atoms with Gasteiger partial charge in [0, 0.05) is 36.1 Å². The van der Waals surface area contributed by atoms with Crippen molar-refractivity contribution in [3.05, 3.63) is 76.2 Å². The van der Waals surface area contributed by atoms with Crippen LogP contribution in [0.25, 0.3) is 11.1 Å². The molecule has 2 aromatic carbocycles. The zero-order chi connectivity index (χ0) is 22.1. The molecule has 0 aliphatic carbocycles. The maximum atomic E-state index is 14.1. The fraction of sp³-hybridized carbons (Fsp3) is 0.0952. The summed E-state index contributed by atoms with van der Waals surface area (Å²) in [5, 5.41) is 0. The van der Waals surface area contributed by atoms with Crippen LogP contribution in [0.4, 0.5) is 14.5 Å². The Morgan fingerprint density at radius 2 is 1.80 bits per heavy atom. The van der Waals surface area contributed by atoms with Crippen molar-refractivity contribution in [2.24, 2.45) is 7.05 Å². The molecule has 0 aliphatic heterocycles. The van der Waals surface area contributed by atoms with Crippen LogP contribution in [-0.4, -0.2) is 19.2 Å². The second kappa shape index (κ2) is 8.00. The lowest BCUT2D eigenvalue weighted by Crippen LogP contribution is -2.19. The van der Waals surface area contributed by atoms with Gasteiger partial charge in [-0.1, -0.05) is 5.92 Å². The Labute approximate surface area is 171 Å². The minimum absolute atomic E-state index is 0.0791. The number of terminal acetylenes is 1. The summed E-state index contributed by atoms with van der Waals surface area (Å²) in [6.45, 7) is 0. The Hall–Kier alpha value is -3.64. The summed E-state index contributed by atoms with van der Waals surface area (Å²) in [5.74, 6) is 0.531. The number of pyridine rings is 1. The van der Waals surface area contributed by atoms with Crippen molar-refractivity contribution in [2.75, 3.05) is 11.0 Å². The van der Waals surface area contributed by atoms with Crippen molar-refractivity contribution in [2.45, 2.75) is 0 Å². The Balaban J connectivity index is 2.19. The van der Waals surface area contributed by atoms with E-state index in [4.69, 9.17) is 11.2 Å². The molecule has 0 unspecified atom stereocenters. The number of sulfonamides is 1. The summed E-state index contributed by atoms with van der Waals surface area (Å²) in [7, 11) is -2.06. The number of benzene rings is 2. The molecule has 6 nitrogen and oxygen atoms in total. The number of hydrogen-bond donors (Lipinski definition) is 1. The van der Waals surface area contributed by atoms with Gasteiger partial charge in [0.1, 0.15) is 11.6 Å². The first-order valence-corrected chi connectivity index (χ1v) is 10.4. The molecule has 0 spiro atoms. The molecule has 0 atom stereocenters. The molecule has 3 aromatic rings. The first-order chi connectivity index (χ1) is 14.1. The second-order valence-corrected chi connectivity index (χ2v) is 8.21. The second-order valence-electron chi connectivity index (χ2n) is 6.46. The molecular formula is C21H16F2N2O4S. The monoisotopic (exact) mass is 430 g/mol. The zero-order valence-corrected chi connectivity index (χ0v) is 16.8. The van der Waals surface area contributed by atoms with Crippen molar-refractivity contribution in [1.82, 2.24) is 4.57 Å². The van der Waals surface area contributed by atoms with Gasteiger partial charge in [-0.25, -0.2) is 17.2 Å². The summed E-state index contributed by atoms with van der Waals surface area (Å²) < 4.78 is 59.7. The first kappa shape index (κ1) is 21.1. The number of nitrogens with one attached hydrogen (secondary N) is 1. The zero-order valence-electron chi connectivity index (χ0n) is 15.9. The van der Waals surface area contributed by atoms with Gasteiger partial charge in [0.25, 0.3) is 5.56 Å². The Morgan fingerprint density at radius 3 is 2.43 bits per heavy atom. The van der Waals surface area contributed by atoms with E-state index in [9.17, 15) is 22.0 Å². The largest absolute Gasteiger partial charge is 0.454 e. The van der Waals surface area contributed by atoms with Crippen molar-refractivity contribution in [3.63, 3.8) is 0 Å². The summed E-state index contributed by atoms with van der Waals surface area (Å²) in [4.78, 5) is 12.1. The molecule has 154 valence electrons. The maximum absolute atomic E-state index is 14.1. The van der Waals surface area contributed by atoms with Crippen LogP contribution < -0.4 is 15.0 Å². The Bertz CT molecular complexity index is 1340. The van der Waals surface area contributed by atoms with Crippen LogP contribution in [0.15, 0.2) is 53.5 Å². The van der Waals surface area contributed by atoms with Gasteiger partial charge in [0.2, 0.25) is 10.0 Å². The highest BCUT2D eigenvalue weighted by Crippen LogP contribution is 2.36. The van der Waals surface area contributed by atoms with Gasteiger partial charge in [-0.05, 0) is 36.4 Å². The number of halogens is 2. The van der Waals surface area contributed by atoms with Gasteiger partial charge >= 0.3 is 0 Å². The number of hydrogen-bond acceptors (Lipinski definition) is 4. The van der Waals surface area contributed by atoms with Crippen molar-refractivity contribution in [3.8, 4) is 35.0 Å². The predicted molar refractivity (Wildman–Crippen MR) is 110 cm³/mol. The van der Waals surface area contributed by atoms with Gasteiger partial charge < -0.3 is 9.30 Å². The Kier molecular flexibility index (Phi) is 5.62. The highest BCUT2D eigenvalue weighted by atomic mass is 32.2. The smallest absolute Gasteiger partial charge is 0.266 e. The van der Waals surface area contributed by atoms with Crippen LogP contribution in [0, 0.1) is 24.0 Å². The molecule has 1 N–H and O–H groups in total. The highest BCUT2D eigenvalue weighted by molar-refractivity contribution is 7.92. The number of rotatable bonds is 5. The van der Waals surface area contributed by atoms with E-state index in [1.807, 2.05) is 0 Å². The topological polar surface area (TPSA) is 77.4 Å². The highest BCUT2D eigenvalue weighted by Gasteiger charge is 2.15. The van der Waals surface area contributed by atoms with Crippen LogP contribution in [0.2, 0.25) is 0 Å². The minimum Gasteiger partial charge on any atom is -0.454 e. The molecule has 0 saturated carbocycles. The summed E-state index contributed by atoms with van der Waals surface area (Å²) >= 11 is 0. The van der Waals surface area contributed by atoms with E-state index < -0.39 is 27.2 Å². The van der Waals surface area contributed by atoms with E-state index in [0.717, 1.165) is 18.4 Å². The number of aryl methyl sites for hydroxylation is 1. The van der Waals surface area contributed by atoms with Crippen LogP contribution in [0.5, 0.6) is 11.5 Å². The number of nitrogens with zero attached hydrogens (tertiary/aromatic N) is 1. The third-order valence-corrected chi connectivity index (χ3v) is 4.65. The van der Waals surface area contributed by atoms with Crippen LogP contribution >= 0.6 is 0 Å². The van der Waals surface area contributed by atoms with Crippen LogP contribution in [0.1, 0.15) is 5.56 Å². The molecule has 0 saturated heterocycles. The number of aromatic nitrogens is 1. The molecule has 1 aromatic heterocycles. The third kappa shape index (κ3) is 4.67. The van der Waals surface area contributed by atoms with Crippen LogP contribution in [0.3, 0.4) is 0 Å². The molecule has 30 heavy (non-hydrogen) atoms. The average Bonchev–Trinajstić information content (AvgIpc) is 2.66. The van der Waals surface area contributed by atoms with Crippen molar-refractivity contribution in [1.29, 1.82) is 0 Å². The molecule has 0 amide bonds. The molecular weight excluding hydrogens is 414 g/mol. The SMILES string of the molecule is C#Cc1cc(-c2cc(NS(C)(=O)=O)ccc2Oc2ccc(F)cc2F)cn(C)c1=O. The lowest BCUT2D eigenvalue weighted by atomic mass is 10.0. The van der Waals surface area contributed by atoms with Gasteiger partial charge in [-0.2, -0.15) is 0 Å². The fourth-order valence-corrected chi connectivity index (χ4v) is 3.32.